The Morgan fingerprint density at radius 2 is 2.13 bits per heavy atom. The monoisotopic (exact) mass is 224 g/mol. The van der Waals surface area contributed by atoms with Gasteiger partial charge in [0.05, 0.1) is 0 Å². The van der Waals surface area contributed by atoms with E-state index in [0.717, 1.165) is 13.0 Å². The van der Waals surface area contributed by atoms with Crippen molar-refractivity contribution in [2.45, 2.75) is 12.8 Å². The van der Waals surface area contributed by atoms with E-state index in [1.807, 2.05) is 19.2 Å². The number of rotatable bonds is 5. The van der Waals surface area contributed by atoms with Gasteiger partial charge >= 0.3 is 0 Å². The average Bonchev–Trinajstić information content (AvgIpc) is 2.27. The number of aromatic nitrogens is 1. The normalized spacial score (nSPS) is 10.0. The first-order valence-electron chi connectivity index (χ1n) is 4.97. The summed E-state index contributed by atoms with van der Waals surface area (Å²) >= 11 is 4.04. The molecule has 1 rings (SSSR count). The second kappa shape index (κ2) is 6.45. The quantitative estimate of drug-likeness (QED) is 0.767. The highest BCUT2D eigenvalue weighted by Gasteiger charge is 2.06. The van der Waals surface area contributed by atoms with E-state index in [1.54, 1.807) is 17.3 Å². The molecule has 4 heteroatoms. The fraction of sp³-hybridized carbons (Fsp3) is 0.455. The van der Waals surface area contributed by atoms with Gasteiger partial charge in [-0.25, -0.2) is 0 Å². The van der Waals surface area contributed by atoms with Crippen molar-refractivity contribution in [1.82, 2.24) is 9.88 Å². The second-order valence-corrected chi connectivity index (χ2v) is 3.84. The first kappa shape index (κ1) is 12.0. The molecule has 0 aliphatic heterocycles. The average molecular weight is 224 g/mol. The third-order valence-electron chi connectivity index (χ3n) is 2.24. The highest BCUT2D eigenvalue weighted by atomic mass is 32.1. The van der Waals surface area contributed by atoms with E-state index < -0.39 is 0 Å². The number of pyridine rings is 1. The molecule has 0 atom stereocenters. The summed E-state index contributed by atoms with van der Waals surface area (Å²) in [7, 11) is 1.83. The van der Waals surface area contributed by atoms with E-state index in [4.69, 9.17) is 0 Å². The van der Waals surface area contributed by atoms with Crippen LogP contribution >= 0.6 is 12.6 Å². The molecule has 1 amide bonds. The molecular weight excluding hydrogens is 208 g/mol. The molecule has 0 N–H and O–H groups in total. The second-order valence-electron chi connectivity index (χ2n) is 3.39. The summed E-state index contributed by atoms with van der Waals surface area (Å²) in [6.07, 6.45) is 4.92. The summed E-state index contributed by atoms with van der Waals surface area (Å²) in [5, 5.41) is 0. The summed E-state index contributed by atoms with van der Waals surface area (Å²) in [6.45, 7) is 0.747. The van der Waals surface area contributed by atoms with Crippen LogP contribution in [0.15, 0.2) is 24.5 Å². The van der Waals surface area contributed by atoms with Gasteiger partial charge in [-0.3, -0.25) is 9.78 Å². The van der Waals surface area contributed by atoms with Crippen LogP contribution in [0, 0.1) is 0 Å². The molecule has 82 valence electrons. The van der Waals surface area contributed by atoms with Gasteiger partial charge in [-0.15, -0.1) is 0 Å². The van der Waals surface area contributed by atoms with Crippen molar-refractivity contribution in [2.24, 2.45) is 0 Å². The van der Waals surface area contributed by atoms with Crippen molar-refractivity contribution in [3.05, 3.63) is 30.1 Å². The largest absolute Gasteiger partial charge is 0.345 e. The maximum atomic E-state index is 11.4. The Morgan fingerprint density at radius 3 is 2.73 bits per heavy atom. The maximum Gasteiger partial charge on any atom is 0.223 e. The lowest BCUT2D eigenvalue weighted by Crippen LogP contribution is -2.28. The molecular formula is C11H16N2OS. The predicted octanol–water partition coefficient (Wildman–Crippen LogP) is 1.40. The molecule has 0 saturated carbocycles. The van der Waals surface area contributed by atoms with E-state index in [2.05, 4.69) is 17.6 Å². The highest BCUT2D eigenvalue weighted by Crippen LogP contribution is 2.00. The summed E-state index contributed by atoms with van der Waals surface area (Å²) < 4.78 is 0. The Balaban J connectivity index is 2.34. The lowest BCUT2D eigenvalue weighted by molar-refractivity contribution is -0.129. The number of amides is 1. The van der Waals surface area contributed by atoms with Crippen molar-refractivity contribution in [3.63, 3.8) is 0 Å². The van der Waals surface area contributed by atoms with Gasteiger partial charge in [-0.2, -0.15) is 12.6 Å². The number of hydrogen-bond acceptors (Lipinski definition) is 3. The molecule has 1 heterocycles. The van der Waals surface area contributed by atoms with Gasteiger partial charge in [0.25, 0.3) is 0 Å². The smallest absolute Gasteiger partial charge is 0.223 e. The van der Waals surface area contributed by atoms with Gasteiger partial charge in [-0.1, -0.05) is 0 Å². The maximum absolute atomic E-state index is 11.4. The van der Waals surface area contributed by atoms with Crippen LogP contribution in [0.4, 0.5) is 0 Å². The van der Waals surface area contributed by atoms with Crippen LogP contribution in [-0.4, -0.2) is 35.1 Å². The minimum atomic E-state index is 0.152. The van der Waals surface area contributed by atoms with E-state index in [0.29, 0.717) is 12.2 Å². The topological polar surface area (TPSA) is 33.2 Å². The standard InChI is InChI=1S/C11H16N2OS/c1-13(11(14)5-9-15)8-4-10-2-6-12-7-3-10/h2-3,6-7,15H,4-5,8-9H2,1H3. The number of thiol groups is 1. The molecule has 1 aromatic heterocycles. The van der Waals surface area contributed by atoms with Gasteiger partial charge in [0.15, 0.2) is 0 Å². The van der Waals surface area contributed by atoms with Gasteiger partial charge in [0.1, 0.15) is 0 Å². The van der Waals surface area contributed by atoms with Crippen LogP contribution in [-0.2, 0) is 11.2 Å². The molecule has 0 spiro atoms. The van der Waals surface area contributed by atoms with Gasteiger partial charge in [-0.05, 0) is 29.9 Å². The van der Waals surface area contributed by atoms with Crippen LogP contribution in [0.5, 0.6) is 0 Å². The van der Waals surface area contributed by atoms with E-state index in [1.165, 1.54) is 5.56 Å². The third kappa shape index (κ3) is 4.34. The Bertz CT molecular complexity index is 303. The summed E-state index contributed by atoms with van der Waals surface area (Å²) in [6, 6.07) is 3.94. The Hall–Kier alpha value is -1.03. The number of carbonyl (C=O) groups is 1. The lowest BCUT2D eigenvalue weighted by Gasteiger charge is -2.16. The van der Waals surface area contributed by atoms with Crippen LogP contribution in [0.3, 0.4) is 0 Å². The highest BCUT2D eigenvalue weighted by molar-refractivity contribution is 7.80. The van der Waals surface area contributed by atoms with Crippen molar-refractivity contribution in [2.75, 3.05) is 19.3 Å². The molecule has 0 aliphatic rings. The summed E-state index contributed by atoms with van der Waals surface area (Å²) in [5.74, 6) is 0.761. The predicted molar refractivity (Wildman–Crippen MR) is 64.0 cm³/mol. The zero-order valence-corrected chi connectivity index (χ0v) is 9.78. The van der Waals surface area contributed by atoms with Crippen molar-refractivity contribution in [3.8, 4) is 0 Å². The van der Waals surface area contributed by atoms with E-state index >= 15 is 0 Å². The van der Waals surface area contributed by atoms with Crippen LogP contribution in [0.25, 0.3) is 0 Å². The number of nitrogens with zero attached hydrogens (tertiary/aromatic N) is 2. The lowest BCUT2D eigenvalue weighted by atomic mass is 10.2. The van der Waals surface area contributed by atoms with Gasteiger partial charge < -0.3 is 4.90 Å². The molecule has 0 aliphatic carbocycles. The number of carbonyl (C=O) groups excluding carboxylic acids is 1. The minimum absolute atomic E-state index is 0.152. The fourth-order valence-corrected chi connectivity index (χ4v) is 1.45. The Labute approximate surface area is 95.9 Å². The van der Waals surface area contributed by atoms with Crippen molar-refractivity contribution < 1.29 is 4.79 Å². The first-order valence-corrected chi connectivity index (χ1v) is 5.61. The SMILES string of the molecule is CN(CCc1ccncc1)C(=O)CCS. The van der Waals surface area contributed by atoms with E-state index in [9.17, 15) is 4.79 Å². The zero-order chi connectivity index (χ0) is 11.1. The summed E-state index contributed by atoms with van der Waals surface area (Å²) in [4.78, 5) is 17.1. The molecule has 1 aromatic rings. The molecule has 0 radical (unpaired) electrons. The first-order chi connectivity index (χ1) is 7.24. The number of likely N-dealkylation sites (N-methyl/N-ethyl adjacent to an activating group) is 1. The molecule has 0 saturated heterocycles. The van der Waals surface area contributed by atoms with Crippen LogP contribution < -0.4 is 0 Å². The molecule has 0 unspecified atom stereocenters. The Kier molecular flexibility index (Phi) is 5.18. The molecule has 3 nitrogen and oxygen atoms in total. The van der Waals surface area contributed by atoms with Gasteiger partial charge in [0.2, 0.25) is 5.91 Å². The van der Waals surface area contributed by atoms with Crippen LogP contribution in [0.2, 0.25) is 0 Å². The van der Waals surface area contributed by atoms with Gasteiger partial charge in [0, 0.05) is 32.4 Å². The number of hydrogen-bond donors (Lipinski definition) is 1. The summed E-state index contributed by atoms with van der Waals surface area (Å²) in [5.41, 5.74) is 1.20. The molecule has 0 aromatic carbocycles. The van der Waals surface area contributed by atoms with Crippen molar-refractivity contribution >= 4 is 18.5 Å². The molecule has 15 heavy (non-hydrogen) atoms. The van der Waals surface area contributed by atoms with Crippen LogP contribution in [0.1, 0.15) is 12.0 Å². The third-order valence-corrected chi connectivity index (χ3v) is 2.46. The van der Waals surface area contributed by atoms with E-state index in [-0.39, 0.29) is 5.91 Å². The van der Waals surface area contributed by atoms with Crippen molar-refractivity contribution in [1.29, 1.82) is 0 Å². The zero-order valence-electron chi connectivity index (χ0n) is 8.89. The molecule has 0 fully saturated rings. The minimum Gasteiger partial charge on any atom is -0.345 e. The fourth-order valence-electron chi connectivity index (χ4n) is 1.26. The molecule has 0 bridgehead atoms. The Morgan fingerprint density at radius 1 is 1.47 bits per heavy atom.